The Balaban J connectivity index is 2.55. The minimum atomic E-state index is 0.211. The summed E-state index contributed by atoms with van der Waals surface area (Å²) in [7, 11) is 0. The van der Waals surface area contributed by atoms with Crippen LogP contribution < -0.4 is 5.73 Å². The highest BCUT2D eigenvalue weighted by atomic mass is 14.8. The van der Waals surface area contributed by atoms with Gasteiger partial charge in [-0.15, -0.1) is 0 Å². The number of pyridine rings is 1. The second-order valence-corrected chi connectivity index (χ2v) is 7.52. The number of nitrogen functional groups attached to an aromatic ring is 1. The van der Waals surface area contributed by atoms with E-state index in [0.717, 1.165) is 29.1 Å². The summed E-state index contributed by atoms with van der Waals surface area (Å²) < 4.78 is 0. The number of aromatic nitrogens is 1. The van der Waals surface area contributed by atoms with Gasteiger partial charge in [-0.05, 0) is 54.7 Å². The summed E-state index contributed by atoms with van der Waals surface area (Å²) in [5.41, 5.74) is 12.1. The van der Waals surface area contributed by atoms with Crippen molar-refractivity contribution in [2.24, 2.45) is 10.8 Å². The minimum Gasteiger partial charge on any atom is -0.397 e. The molecule has 0 aromatic carbocycles. The predicted octanol–water partition coefficient (Wildman–Crippen LogP) is 4.51. The van der Waals surface area contributed by atoms with Gasteiger partial charge in [0.1, 0.15) is 0 Å². The molecule has 2 heteroatoms. The summed E-state index contributed by atoms with van der Waals surface area (Å²) in [6.45, 7) is 13.4. The largest absolute Gasteiger partial charge is 0.397 e. The number of hydrogen-bond acceptors (Lipinski definition) is 2. The van der Waals surface area contributed by atoms with E-state index in [0.29, 0.717) is 5.41 Å². The molecule has 0 unspecified atom stereocenters. The van der Waals surface area contributed by atoms with Gasteiger partial charge in [0.05, 0.1) is 11.4 Å². The molecule has 0 fully saturated rings. The molecule has 0 radical (unpaired) electrons. The highest BCUT2D eigenvalue weighted by molar-refractivity contribution is 5.75. The number of nitrogens with two attached hydrogens (primary N) is 1. The van der Waals surface area contributed by atoms with Crippen LogP contribution in [-0.2, 0) is 0 Å². The van der Waals surface area contributed by atoms with Crippen LogP contribution in [0.25, 0.3) is 5.57 Å². The number of aryl methyl sites for hydroxylation is 2. The van der Waals surface area contributed by atoms with Crippen molar-refractivity contribution in [1.82, 2.24) is 4.98 Å². The van der Waals surface area contributed by atoms with Crippen LogP contribution in [0.2, 0.25) is 0 Å². The molecule has 2 rings (SSSR count). The molecule has 0 spiro atoms. The van der Waals surface area contributed by atoms with Crippen molar-refractivity contribution in [3.63, 3.8) is 0 Å². The van der Waals surface area contributed by atoms with Gasteiger partial charge in [0.2, 0.25) is 0 Å². The molecule has 0 atom stereocenters. The van der Waals surface area contributed by atoms with E-state index in [1.807, 2.05) is 6.92 Å². The molecule has 1 aliphatic carbocycles. The maximum Gasteiger partial charge on any atom is 0.0893 e. The molecule has 0 saturated carbocycles. The van der Waals surface area contributed by atoms with Crippen molar-refractivity contribution in [2.45, 2.75) is 54.4 Å². The molecule has 0 saturated heterocycles. The van der Waals surface area contributed by atoms with E-state index in [1.165, 1.54) is 12.0 Å². The fourth-order valence-electron chi connectivity index (χ4n) is 3.63. The smallest absolute Gasteiger partial charge is 0.0893 e. The normalized spacial score (nSPS) is 21.1. The monoisotopic (exact) mass is 258 g/mol. The maximum absolute atomic E-state index is 6.26. The second-order valence-electron chi connectivity index (χ2n) is 7.52. The van der Waals surface area contributed by atoms with Crippen LogP contribution >= 0.6 is 0 Å². The first-order valence-corrected chi connectivity index (χ1v) is 7.05. The third kappa shape index (κ3) is 2.99. The molecule has 2 nitrogen and oxygen atoms in total. The molecule has 1 heterocycles. The Bertz CT molecular complexity index is 536. The van der Waals surface area contributed by atoms with Crippen molar-refractivity contribution >= 4 is 11.3 Å². The third-order valence-corrected chi connectivity index (χ3v) is 3.87. The Kier molecular flexibility index (Phi) is 3.24. The van der Waals surface area contributed by atoms with Gasteiger partial charge in [-0.2, -0.15) is 0 Å². The zero-order valence-electron chi connectivity index (χ0n) is 13.1. The highest BCUT2D eigenvalue weighted by Gasteiger charge is 2.34. The maximum atomic E-state index is 6.26. The lowest BCUT2D eigenvalue weighted by atomic mass is 9.66. The van der Waals surface area contributed by atoms with E-state index in [9.17, 15) is 0 Å². The van der Waals surface area contributed by atoms with Crippen molar-refractivity contribution < 1.29 is 0 Å². The molecule has 0 amide bonds. The lowest BCUT2D eigenvalue weighted by Crippen LogP contribution is -2.27. The molecular weight excluding hydrogens is 232 g/mol. The van der Waals surface area contributed by atoms with Gasteiger partial charge in [-0.1, -0.05) is 33.8 Å². The van der Waals surface area contributed by atoms with E-state index in [1.54, 1.807) is 0 Å². The van der Waals surface area contributed by atoms with Gasteiger partial charge in [-0.3, -0.25) is 4.98 Å². The first-order valence-electron chi connectivity index (χ1n) is 7.05. The zero-order chi connectivity index (χ0) is 14.4. The first kappa shape index (κ1) is 14.1. The van der Waals surface area contributed by atoms with Gasteiger partial charge >= 0.3 is 0 Å². The van der Waals surface area contributed by atoms with E-state index in [-0.39, 0.29) is 5.41 Å². The molecule has 0 bridgehead atoms. The second kappa shape index (κ2) is 4.36. The molecule has 1 aromatic rings. The Labute approximate surface area is 117 Å². The quantitative estimate of drug-likeness (QED) is 0.805. The fourth-order valence-corrected chi connectivity index (χ4v) is 3.63. The van der Waals surface area contributed by atoms with Crippen LogP contribution in [0.5, 0.6) is 0 Å². The summed E-state index contributed by atoms with van der Waals surface area (Å²) >= 11 is 0. The summed E-state index contributed by atoms with van der Waals surface area (Å²) in [6, 6.07) is 2.05. The number of anilines is 1. The summed E-state index contributed by atoms with van der Waals surface area (Å²) in [6.07, 6.45) is 4.63. The van der Waals surface area contributed by atoms with E-state index >= 15 is 0 Å². The minimum absolute atomic E-state index is 0.211. The number of rotatable bonds is 1. The first-order chi connectivity index (χ1) is 8.60. The van der Waals surface area contributed by atoms with Crippen molar-refractivity contribution in [3.8, 4) is 0 Å². The van der Waals surface area contributed by atoms with Gasteiger partial charge in [0, 0.05) is 5.69 Å². The fraction of sp³-hybridized carbons (Fsp3) is 0.588. The SMILES string of the molecule is Cc1cc(C)c(N)c(C2=CC(C)(C)CC(C)(C)C2)n1. The Morgan fingerprint density at radius 2 is 1.79 bits per heavy atom. The van der Waals surface area contributed by atoms with Gasteiger partial charge in [0.15, 0.2) is 0 Å². The molecule has 19 heavy (non-hydrogen) atoms. The van der Waals surface area contributed by atoms with E-state index in [4.69, 9.17) is 10.7 Å². The zero-order valence-corrected chi connectivity index (χ0v) is 13.1. The Morgan fingerprint density at radius 3 is 2.37 bits per heavy atom. The predicted molar refractivity (Wildman–Crippen MR) is 82.9 cm³/mol. The lowest BCUT2D eigenvalue weighted by Gasteiger charge is -2.39. The standard InChI is InChI=1S/C17H26N2/c1-11-7-12(2)19-15(14(11)18)13-8-16(3,4)10-17(5,6)9-13/h7-8H,9-10,18H2,1-6H3. The van der Waals surface area contributed by atoms with Crippen molar-refractivity contribution in [3.05, 3.63) is 29.1 Å². The molecule has 104 valence electrons. The van der Waals surface area contributed by atoms with Gasteiger partial charge < -0.3 is 5.73 Å². The van der Waals surface area contributed by atoms with Crippen LogP contribution in [0, 0.1) is 24.7 Å². The molecule has 0 aliphatic heterocycles. The highest BCUT2D eigenvalue weighted by Crippen LogP contribution is 2.47. The molecule has 1 aliphatic rings. The average molecular weight is 258 g/mol. The average Bonchev–Trinajstić information content (AvgIpc) is 2.18. The van der Waals surface area contributed by atoms with Crippen LogP contribution in [0.3, 0.4) is 0 Å². The van der Waals surface area contributed by atoms with E-state index in [2.05, 4.69) is 46.8 Å². The summed E-state index contributed by atoms with van der Waals surface area (Å²) in [5.74, 6) is 0. The molecule has 2 N–H and O–H groups in total. The summed E-state index contributed by atoms with van der Waals surface area (Å²) in [5, 5.41) is 0. The number of nitrogens with zero attached hydrogens (tertiary/aromatic N) is 1. The van der Waals surface area contributed by atoms with Crippen LogP contribution in [-0.4, -0.2) is 4.98 Å². The van der Waals surface area contributed by atoms with Gasteiger partial charge in [-0.25, -0.2) is 0 Å². The summed E-state index contributed by atoms with van der Waals surface area (Å²) in [4.78, 5) is 4.70. The molecule has 1 aromatic heterocycles. The van der Waals surface area contributed by atoms with Crippen LogP contribution in [0.1, 0.15) is 57.5 Å². The van der Waals surface area contributed by atoms with E-state index < -0.39 is 0 Å². The third-order valence-electron chi connectivity index (χ3n) is 3.87. The van der Waals surface area contributed by atoms with Crippen molar-refractivity contribution in [1.29, 1.82) is 0 Å². The number of allylic oxidation sites excluding steroid dienone is 2. The number of hydrogen-bond donors (Lipinski definition) is 1. The van der Waals surface area contributed by atoms with Crippen molar-refractivity contribution in [2.75, 3.05) is 5.73 Å². The Hall–Kier alpha value is -1.31. The molecular formula is C17H26N2. The topological polar surface area (TPSA) is 38.9 Å². The van der Waals surface area contributed by atoms with Crippen LogP contribution in [0.15, 0.2) is 12.1 Å². The Morgan fingerprint density at radius 1 is 1.16 bits per heavy atom. The van der Waals surface area contributed by atoms with Crippen LogP contribution in [0.4, 0.5) is 5.69 Å². The van der Waals surface area contributed by atoms with Gasteiger partial charge in [0.25, 0.3) is 0 Å². The lowest BCUT2D eigenvalue weighted by molar-refractivity contribution is 0.228.